The van der Waals surface area contributed by atoms with Gasteiger partial charge in [0.05, 0.1) is 17.0 Å². The molecule has 0 fully saturated rings. The third-order valence-electron chi connectivity index (χ3n) is 2.14. The predicted molar refractivity (Wildman–Crippen MR) is 70.2 cm³/mol. The maximum Gasteiger partial charge on any atom is 0.219 e. The Kier molecular flexibility index (Phi) is 3.60. The van der Waals surface area contributed by atoms with E-state index in [4.69, 9.17) is 4.74 Å². The third-order valence-corrected chi connectivity index (χ3v) is 2.23. The summed E-state index contributed by atoms with van der Waals surface area (Å²) in [6.45, 7) is 2.03. The SMILES string of the molecule is Cc1ccc(Oc2ccc(N=C=S)cn2)cc1. The number of aryl methyl sites for hydroxylation is 1. The van der Waals surface area contributed by atoms with Gasteiger partial charge in [-0.3, -0.25) is 0 Å². The second-order valence-corrected chi connectivity index (χ2v) is 3.66. The fraction of sp³-hybridized carbons (Fsp3) is 0.0769. The molecule has 0 saturated heterocycles. The first-order valence-electron chi connectivity index (χ1n) is 5.06. The molecule has 0 N–H and O–H groups in total. The molecule has 0 atom stereocenters. The van der Waals surface area contributed by atoms with E-state index in [9.17, 15) is 0 Å². The van der Waals surface area contributed by atoms with Crippen LogP contribution in [0.1, 0.15) is 5.56 Å². The van der Waals surface area contributed by atoms with Crippen molar-refractivity contribution in [2.24, 2.45) is 4.99 Å². The number of hydrogen-bond acceptors (Lipinski definition) is 4. The van der Waals surface area contributed by atoms with E-state index in [2.05, 4.69) is 27.4 Å². The van der Waals surface area contributed by atoms with E-state index < -0.39 is 0 Å². The van der Waals surface area contributed by atoms with Crippen LogP contribution in [0.5, 0.6) is 11.6 Å². The van der Waals surface area contributed by atoms with Crippen molar-refractivity contribution < 1.29 is 4.74 Å². The van der Waals surface area contributed by atoms with Gasteiger partial charge in [0.15, 0.2) is 0 Å². The molecule has 0 saturated carbocycles. The molecule has 0 bridgehead atoms. The third kappa shape index (κ3) is 3.21. The van der Waals surface area contributed by atoms with Crippen LogP contribution in [0.15, 0.2) is 47.6 Å². The molecule has 17 heavy (non-hydrogen) atoms. The zero-order chi connectivity index (χ0) is 12.1. The van der Waals surface area contributed by atoms with Gasteiger partial charge < -0.3 is 4.74 Å². The minimum atomic E-state index is 0.525. The van der Waals surface area contributed by atoms with Crippen molar-refractivity contribution in [2.75, 3.05) is 0 Å². The minimum absolute atomic E-state index is 0.525. The summed E-state index contributed by atoms with van der Waals surface area (Å²) in [6.07, 6.45) is 1.59. The van der Waals surface area contributed by atoms with Gasteiger partial charge in [-0.15, -0.1) is 0 Å². The van der Waals surface area contributed by atoms with Gasteiger partial charge in [0.1, 0.15) is 5.75 Å². The summed E-state index contributed by atoms with van der Waals surface area (Å²) in [4.78, 5) is 7.93. The van der Waals surface area contributed by atoms with Gasteiger partial charge in [0.2, 0.25) is 5.88 Å². The molecule has 0 unspecified atom stereocenters. The van der Waals surface area contributed by atoms with Gasteiger partial charge in [0, 0.05) is 6.07 Å². The van der Waals surface area contributed by atoms with E-state index in [0.717, 1.165) is 5.75 Å². The molecule has 1 aromatic carbocycles. The first kappa shape index (κ1) is 11.5. The molecule has 4 heteroatoms. The normalized spacial score (nSPS) is 9.47. The Hall–Kier alpha value is -2.03. The van der Waals surface area contributed by atoms with Crippen LogP contribution >= 0.6 is 12.2 Å². The van der Waals surface area contributed by atoms with Crippen LogP contribution in [-0.4, -0.2) is 10.1 Å². The Bertz CT molecular complexity index is 543. The molecule has 1 aromatic heterocycles. The number of ether oxygens (including phenoxy) is 1. The summed E-state index contributed by atoms with van der Waals surface area (Å²) in [5, 5.41) is 2.29. The van der Waals surface area contributed by atoms with E-state index in [1.54, 1.807) is 18.3 Å². The summed E-state index contributed by atoms with van der Waals surface area (Å²) in [5.41, 5.74) is 1.85. The number of thiocarbonyl (C=S) groups is 1. The predicted octanol–water partition coefficient (Wildman–Crippen LogP) is 3.92. The molecule has 84 valence electrons. The molecule has 2 rings (SSSR count). The largest absolute Gasteiger partial charge is 0.439 e. The van der Waals surface area contributed by atoms with Crippen molar-refractivity contribution in [1.82, 2.24) is 4.98 Å². The van der Waals surface area contributed by atoms with Crippen molar-refractivity contribution in [3.63, 3.8) is 0 Å². The average Bonchev–Trinajstić information content (AvgIpc) is 2.35. The highest BCUT2D eigenvalue weighted by molar-refractivity contribution is 7.78. The van der Waals surface area contributed by atoms with Crippen molar-refractivity contribution in [1.29, 1.82) is 0 Å². The molecule has 2 aromatic rings. The maximum atomic E-state index is 5.57. The molecular weight excluding hydrogens is 232 g/mol. The van der Waals surface area contributed by atoms with Gasteiger partial charge in [0.25, 0.3) is 0 Å². The van der Waals surface area contributed by atoms with Gasteiger partial charge in [-0.2, -0.15) is 4.99 Å². The number of isothiocyanates is 1. The van der Waals surface area contributed by atoms with Crippen LogP contribution in [-0.2, 0) is 0 Å². The molecule has 0 aliphatic carbocycles. The standard InChI is InChI=1S/C13H10N2OS/c1-10-2-5-12(6-3-10)16-13-7-4-11(8-14-13)15-9-17/h2-8H,1H3. The lowest BCUT2D eigenvalue weighted by molar-refractivity contribution is 0.463. The lowest BCUT2D eigenvalue weighted by Gasteiger charge is -2.04. The minimum Gasteiger partial charge on any atom is -0.439 e. The molecular formula is C13H10N2OS. The average molecular weight is 242 g/mol. The van der Waals surface area contributed by atoms with Gasteiger partial charge in [-0.25, -0.2) is 4.98 Å². The molecule has 0 amide bonds. The zero-order valence-electron chi connectivity index (χ0n) is 9.25. The summed E-state index contributed by atoms with van der Waals surface area (Å²) in [6, 6.07) is 11.3. The topological polar surface area (TPSA) is 34.5 Å². The van der Waals surface area contributed by atoms with Crippen LogP contribution in [0.2, 0.25) is 0 Å². The summed E-state index contributed by atoms with van der Waals surface area (Å²) in [7, 11) is 0. The highest BCUT2D eigenvalue weighted by Gasteiger charge is 1.98. The van der Waals surface area contributed by atoms with Gasteiger partial charge >= 0.3 is 0 Å². The maximum absolute atomic E-state index is 5.57. The van der Waals surface area contributed by atoms with Crippen molar-refractivity contribution in [3.8, 4) is 11.6 Å². The molecule has 1 heterocycles. The summed E-state index contributed by atoms with van der Waals surface area (Å²) < 4.78 is 5.57. The Labute approximate surface area is 105 Å². The first-order valence-corrected chi connectivity index (χ1v) is 5.47. The van der Waals surface area contributed by atoms with Crippen molar-refractivity contribution in [2.45, 2.75) is 6.92 Å². The second-order valence-electron chi connectivity index (χ2n) is 3.47. The van der Waals surface area contributed by atoms with Crippen molar-refractivity contribution in [3.05, 3.63) is 48.2 Å². The summed E-state index contributed by atoms with van der Waals surface area (Å²) in [5.74, 6) is 1.28. The van der Waals surface area contributed by atoms with Crippen LogP contribution in [0.3, 0.4) is 0 Å². The van der Waals surface area contributed by atoms with E-state index in [0.29, 0.717) is 11.6 Å². The fourth-order valence-corrected chi connectivity index (χ4v) is 1.38. The van der Waals surface area contributed by atoms with Crippen LogP contribution in [0.4, 0.5) is 5.69 Å². The number of rotatable bonds is 3. The molecule has 0 aliphatic heterocycles. The van der Waals surface area contributed by atoms with Crippen LogP contribution in [0.25, 0.3) is 0 Å². The number of hydrogen-bond donors (Lipinski definition) is 0. The van der Waals surface area contributed by atoms with Gasteiger partial charge in [-0.1, -0.05) is 17.7 Å². The van der Waals surface area contributed by atoms with Crippen molar-refractivity contribution >= 4 is 23.1 Å². The monoisotopic (exact) mass is 242 g/mol. The smallest absolute Gasteiger partial charge is 0.219 e. The lowest BCUT2D eigenvalue weighted by atomic mass is 10.2. The Morgan fingerprint density at radius 1 is 1.18 bits per heavy atom. The number of aromatic nitrogens is 1. The summed E-state index contributed by atoms with van der Waals surface area (Å²) >= 11 is 4.51. The lowest BCUT2D eigenvalue weighted by Crippen LogP contribution is -1.86. The first-order chi connectivity index (χ1) is 8.28. The van der Waals surface area contributed by atoms with Crippen LogP contribution in [0, 0.1) is 6.92 Å². The zero-order valence-corrected chi connectivity index (χ0v) is 10.1. The highest BCUT2D eigenvalue weighted by atomic mass is 32.1. The van der Waals surface area contributed by atoms with E-state index in [1.807, 2.05) is 31.2 Å². The highest BCUT2D eigenvalue weighted by Crippen LogP contribution is 2.21. The number of nitrogens with zero attached hydrogens (tertiary/aromatic N) is 2. The number of aliphatic imine (C=N–C) groups is 1. The molecule has 0 radical (unpaired) electrons. The van der Waals surface area contributed by atoms with E-state index >= 15 is 0 Å². The molecule has 0 aliphatic rings. The number of benzene rings is 1. The Morgan fingerprint density at radius 3 is 2.53 bits per heavy atom. The van der Waals surface area contributed by atoms with E-state index in [-0.39, 0.29) is 0 Å². The Balaban J connectivity index is 2.13. The molecule has 3 nitrogen and oxygen atoms in total. The molecule has 0 spiro atoms. The Morgan fingerprint density at radius 2 is 1.94 bits per heavy atom. The second kappa shape index (κ2) is 5.34. The number of pyridine rings is 1. The van der Waals surface area contributed by atoms with E-state index in [1.165, 1.54) is 5.56 Å². The fourth-order valence-electron chi connectivity index (χ4n) is 1.28. The van der Waals surface area contributed by atoms with Gasteiger partial charge in [-0.05, 0) is 37.3 Å². The van der Waals surface area contributed by atoms with Crippen LogP contribution < -0.4 is 4.74 Å². The quantitative estimate of drug-likeness (QED) is 0.604.